The molecule has 0 spiro atoms. The highest BCUT2D eigenvalue weighted by Crippen LogP contribution is 2.39. The van der Waals surface area contributed by atoms with Gasteiger partial charge < -0.3 is 5.73 Å². The molecule has 1 aliphatic carbocycles. The van der Waals surface area contributed by atoms with Crippen LogP contribution in [0.15, 0.2) is 16.9 Å². The van der Waals surface area contributed by atoms with Gasteiger partial charge in [0.1, 0.15) is 10.4 Å². The second-order valence-electron chi connectivity index (χ2n) is 3.60. The van der Waals surface area contributed by atoms with E-state index in [1.54, 1.807) is 10.6 Å². The summed E-state index contributed by atoms with van der Waals surface area (Å²) >= 11 is 3.38. The molecule has 0 amide bonds. The maximum atomic E-state index is 5.92. The van der Waals surface area contributed by atoms with E-state index in [2.05, 4.69) is 25.9 Å². The van der Waals surface area contributed by atoms with E-state index in [9.17, 15) is 0 Å². The van der Waals surface area contributed by atoms with E-state index in [-0.39, 0.29) is 0 Å². The summed E-state index contributed by atoms with van der Waals surface area (Å²) in [5.74, 6) is 1.98. The monoisotopic (exact) mass is 252 g/mol. The van der Waals surface area contributed by atoms with Crippen molar-refractivity contribution in [3.05, 3.63) is 22.6 Å². The standard InChI is InChI=1S/C9H9BrN4/c10-7-4-12-9-13-6(5-1-2-5)3-8(11)14(7)9/h3-5H,1-2,11H2. The number of halogens is 1. The van der Waals surface area contributed by atoms with Crippen LogP contribution >= 0.6 is 15.9 Å². The number of hydrogen-bond acceptors (Lipinski definition) is 3. The maximum absolute atomic E-state index is 5.92. The van der Waals surface area contributed by atoms with Crippen LogP contribution in [-0.2, 0) is 0 Å². The van der Waals surface area contributed by atoms with Crippen molar-refractivity contribution in [2.45, 2.75) is 18.8 Å². The number of aromatic nitrogens is 3. The maximum Gasteiger partial charge on any atom is 0.236 e. The van der Waals surface area contributed by atoms with Gasteiger partial charge in [-0.1, -0.05) is 0 Å². The van der Waals surface area contributed by atoms with Crippen molar-refractivity contribution in [3.63, 3.8) is 0 Å². The Balaban J connectivity index is 2.29. The number of hydrogen-bond donors (Lipinski definition) is 1. The quantitative estimate of drug-likeness (QED) is 0.845. The van der Waals surface area contributed by atoms with Crippen LogP contribution in [0.2, 0.25) is 0 Å². The third-order valence-corrected chi connectivity index (χ3v) is 3.04. The second kappa shape index (κ2) is 2.70. The van der Waals surface area contributed by atoms with Gasteiger partial charge in [0.15, 0.2) is 0 Å². The fourth-order valence-corrected chi connectivity index (χ4v) is 2.06. The summed E-state index contributed by atoms with van der Waals surface area (Å²) in [6.45, 7) is 0. The molecule has 1 aliphatic rings. The predicted molar refractivity (Wildman–Crippen MR) is 57.1 cm³/mol. The molecule has 4 nitrogen and oxygen atoms in total. The molecule has 2 aromatic rings. The summed E-state index contributed by atoms with van der Waals surface area (Å²) in [5.41, 5.74) is 7.00. The van der Waals surface area contributed by atoms with Gasteiger partial charge >= 0.3 is 0 Å². The fraction of sp³-hybridized carbons (Fsp3) is 0.333. The van der Waals surface area contributed by atoms with E-state index in [0.29, 0.717) is 17.5 Å². The Hall–Kier alpha value is -1.10. The largest absolute Gasteiger partial charge is 0.385 e. The number of fused-ring (bicyclic) bond motifs is 1. The first-order valence-corrected chi connectivity index (χ1v) is 5.34. The van der Waals surface area contributed by atoms with Crippen LogP contribution in [0.4, 0.5) is 5.82 Å². The SMILES string of the molecule is Nc1cc(C2CC2)nc2ncc(Br)n12. The molecule has 0 saturated heterocycles. The molecule has 72 valence electrons. The summed E-state index contributed by atoms with van der Waals surface area (Å²) in [7, 11) is 0. The fourth-order valence-electron chi connectivity index (χ4n) is 1.59. The Labute approximate surface area is 89.3 Å². The molecule has 0 aromatic carbocycles. The molecule has 3 rings (SSSR count). The highest BCUT2D eigenvalue weighted by molar-refractivity contribution is 9.10. The summed E-state index contributed by atoms with van der Waals surface area (Å²) in [5, 5.41) is 0. The first-order chi connectivity index (χ1) is 6.75. The molecule has 2 N–H and O–H groups in total. The van der Waals surface area contributed by atoms with Crippen molar-refractivity contribution in [3.8, 4) is 0 Å². The summed E-state index contributed by atoms with van der Waals surface area (Å²) in [4.78, 5) is 8.64. The molecule has 0 bridgehead atoms. The van der Waals surface area contributed by atoms with Gasteiger partial charge in [-0.3, -0.25) is 4.40 Å². The minimum atomic E-state index is 0.609. The van der Waals surface area contributed by atoms with Crippen LogP contribution in [0.25, 0.3) is 5.78 Å². The lowest BCUT2D eigenvalue weighted by Gasteiger charge is -2.03. The lowest BCUT2D eigenvalue weighted by Crippen LogP contribution is -2.01. The van der Waals surface area contributed by atoms with E-state index in [1.807, 2.05) is 6.07 Å². The van der Waals surface area contributed by atoms with E-state index < -0.39 is 0 Å². The molecular weight excluding hydrogens is 244 g/mol. The van der Waals surface area contributed by atoms with E-state index in [1.165, 1.54) is 12.8 Å². The molecule has 14 heavy (non-hydrogen) atoms. The van der Waals surface area contributed by atoms with Gasteiger partial charge in [0.2, 0.25) is 5.78 Å². The molecule has 0 aliphatic heterocycles. The Kier molecular flexibility index (Phi) is 1.58. The van der Waals surface area contributed by atoms with Crippen LogP contribution in [0.5, 0.6) is 0 Å². The summed E-state index contributed by atoms with van der Waals surface area (Å²) in [6.07, 6.45) is 4.17. The van der Waals surface area contributed by atoms with E-state index >= 15 is 0 Å². The minimum Gasteiger partial charge on any atom is -0.385 e. The van der Waals surface area contributed by atoms with Crippen molar-refractivity contribution in [1.29, 1.82) is 0 Å². The average Bonchev–Trinajstić information content (AvgIpc) is 2.92. The number of nitrogens with zero attached hydrogens (tertiary/aromatic N) is 3. The van der Waals surface area contributed by atoms with Gasteiger partial charge in [0.25, 0.3) is 0 Å². The highest BCUT2D eigenvalue weighted by atomic mass is 79.9. The summed E-state index contributed by atoms with van der Waals surface area (Å²) in [6, 6.07) is 1.94. The number of imidazole rings is 1. The second-order valence-corrected chi connectivity index (χ2v) is 4.41. The topological polar surface area (TPSA) is 56.2 Å². The van der Waals surface area contributed by atoms with Crippen molar-refractivity contribution in [1.82, 2.24) is 14.4 Å². The van der Waals surface area contributed by atoms with Gasteiger partial charge in [0.05, 0.1) is 11.9 Å². The number of nitrogen functional groups attached to an aromatic ring is 1. The molecule has 0 unspecified atom stereocenters. The van der Waals surface area contributed by atoms with Crippen LogP contribution in [0.3, 0.4) is 0 Å². The van der Waals surface area contributed by atoms with E-state index in [0.717, 1.165) is 10.3 Å². The number of nitrogens with two attached hydrogens (primary N) is 1. The van der Waals surface area contributed by atoms with Crippen LogP contribution in [0, 0.1) is 0 Å². The Morgan fingerprint density at radius 3 is 3.00 bits per heavy atom. The minimum absolute atomic E-state index is 0.609. The zero-order chi connectivity index (χ0) is 9.71. The lowest BCUT2D eigenvalue weighted by atomic mass is 10.3. The molecule has 2 aromatic heterocycles. The average molecular weight is 253 g/mol. The first-order valence-electron chi connectivity index (χ1n) is 4.55. The highest BCUT2D eigenvalue weighted by Gasteiger charge is 2.26. The molecule has 0 radical (unpaired) electrons. The van der Waals surface area contributed by atoms with E-state index in [4.69, 9.17) is 5.73 Å². The van der Waals surface area contributed by atoms with Crippen LogP contribution < -0.4 is 5.73 Å². The Morgan fingerprint density at radius 1 is 1.50 bits per heavy atom. The Morgan fingerprint density at radius 2 is 2.29 bits per heavy atom. The smallest absolute Gasteiger partial charge is 0.236 e. The molecular formula is C9H9BrN4. The Bertz CT molecular complexity index is 501. The van der Waals surface area contributed by atoms with Gasteiger partial charge in [-0.25, -0.2) is 9.97 Å². The molecule has 5 heteroatoms. The third kappa shape index (κ3) is 1.12. The zero-order valence-electron chi connectivity index (χ0n) is 7.44. The summed E-state index contributed by atoms with van der Waals surface area (Å²) < 4.78 is 2.64. The zero-order valence-corrected chi connectivity index (χ0v) is 9.03. The first kappa shape index (κ1) is 8.23. The van der Waals surface area contributed by atoms with Gasteiger partial charge in [-0.15, -0.1) is 0 Å². The third-order valence-electron chi connectivity index (χ3n) is 2.48. The molecule has 1 saturated carbocycles. The van der Waals surface area contributed by atoms with Gasteiger partial charge in [0, 0.05) is 12.0 Å². The number of anilines is 1. The van der Waals surface area contributed by atoms with Crippen molar-refractivity contribution < 1.29 is 0 Å². The lowest BCUT2D eigenvalue weighted by molar-refractivity contribution is 0.984. The molecule has 0 atom stereocenters. The van der Waals surface area contributed by atoms with Gasteiger partial charge in [-0.05, 0) is 28.8 Å². The van der Waals surface area contributed by atoms with Crippen molar-refractivity contribution >= 4 is 27.5 Å². The number of rotatable bonds is 1. The molecule has 1 fully saturated rings. The van der Waals surface area contributed by atoms with Crippen molar-refractivity contribution in [2.24, 2.45) is 0 Å². The van der Waals surface area contributed by atoms with Crippen LogP contribution in [0.1, 0.15) is 24.5 Å². The van der Waals surface area contributed by atoms with Gasteiger partial charge in [-0.2, -0.15) is 0 Å². The normalized spacial score (nSPS) is 16.4. The van der Waals surface area contributed by atoms with Crippen molar-refractivity contribution in [2.75, 3.05) is 5.73 Å². The predicted octanol–water partition coefficient (Wildman–Crippen LogP) is 1.95. The molecule has 2 heterocycles. The van der Waals surface area contributed by atoms with Crippen LogP contribution in [-0.4, -0.2) is 14.4 Å².